The van der Waals surface area contributed by atoms with E-state index in [1.54, 1.807) is 0 Å². The fraction of sp³-hybridized carbons (Fsp3) is 0.477. The van der Waals surface area contributed by atoms with E-state index in [2.05, 4.69) is 111 Å². The zero-order valence-electron chi connectivity index (χ0n) is 46.7. The molecule has 0 spiro atoms. The van der Waals surface area contributed by atoms with Gasteiger partial charge in [-0.15, -0.1) is 0 Å². The van der Waals surface area contributed by atoms with Gasteiger partial charge in [0.15, 0.2) is 11.6 Å². The SMILES string of the molecule is C=CC(=O)C1C[C@H]2CN(c3nc(OC[C@@H]4CCCN4C)nc4c3CCN(c3cccc5c(C6C[C@@H](COc7nc8c(c(N9CC%10CCC%10(C(=O)C=C)C9)n7)CCN(c7cccc9cccc(Cl)c79)C8)N(C)C6)ccc(Cl)c35)C4)CC[C@@H]12. The van der Waals surface area contributed by atoms with Gasteiger partial charge in [-0.1, -0.05) is 78.8 Å². The first-order chi connectivity index (χ1) is 39.4. The summed E-state index contributed by atoms with van der Waals surface area (Å²) in [7, 11) is 4.37. The number of fused-ring (bicyclic) bond motifs is 6. The van der Waals surface area contributed by atoms with Crippen molar-refractivity contribution in [2.24, 2.45) is 29.1 Å². The maximum atomic E-state index is 13.4. The number of likely N-dealkylation sites (N-methyl/N-ethyl adjacent to an activating group) is 2. The first-order valence-corrected chi connectivity index (χ1v) is 30.4. The van der Waals surface area contributed by atoms with Crippen molar-refractivity contribution in [2.45, 2.75) is 88.9 Å². The number of rotatable bonds is 15. The lowest BCUT2D eigenvalue weighted by Crippen LogP contribution is -2.52. The minimum atomic E-state index is -0.395. The molecule has 0 radical (unpaired) electrons. The molecule has 81 heavy (non-hydrogen) atoms. The molecular formula is C65H72Cl2N10O4. The quantitative estimate of drug-likeness (QED) is 0.0906. The van der Waals surface area contributed by atoms with Gasteiger partial charge >= 0.3 is 12.0 Å². The van der Waals surface area contributed by atoms with Crippen LogP contribution in [-0.2, 0) is 35.5 Å². The van der Waals surface area contributed by atoms with E-state index in [1.807, 2.05) is 12.1 Å². The number of allylic oxidation sites excluding steroid dienone is 2. The third-order valence-electron chi connectivity index (χ3n) is 20.5. The van der Waals surface area contributed by atoms with Crippen molar-refractivity contribution in [3.05, 3.63) is 130 Å². The Morgan fingerprint density at radius 2 is 1.36 bits per heavy atom. The van der Waals surface area contributed by atoms with E-state index in [0.29, 0.717) is 62.7 Å². The first-order valence-electron chi connectivity index (χ1n) is 29.6. The van der Waals surface area contributed by atoms with Crippen molar-refractivity contribution in [3.63, 3.8) is 0 Å². The molecule has 0 amide bonds. The Morgan fingerprint density at radius 3 is 2.02 bits per heavy atom. The number of carbonyl (C=O) groups is 2. The molecule has 8 aliphatic rings. The second kappa shape index (κ2) is 21.1. The van der Waals surface area contributed by atoms with Gasteiger partial charge in [0, 0.05) is 97.1 Å². The van der Waals surface area contributed by atoms with Crippen LogP contribution >= 0.6 is 23.2 Å². The summed E-state index contributed by atoms with van der Waals surface area (Å²) in [5, 5.41) is 5.85. The molecule has 16 heteroatoms. The Hall–Kier alpha value is -6.32. The molecule has 0 bridgehead atoms. The second-order valence-electron chi connectivity index (χ2n) is 24.7. The standard InChI is InChI=1S/C65H72Cl2N10O4/c1-5-57(78)50-30-41-32-76(28-21-46(41)50)61-48-22-27-75(35-53(48)68-63(70-61)80-36-43-13-10-25-72(43)3)56-17-9-14-47-45(18-19-52(67)60(47)56)40-29-44(73(4)31-40)37-81-64-69-54-34-74(55-16-8-12-39-11-7-15-51(66)59(39)55)26-23-49(54)62(71-64)77-33-42-20-24-65(42,38-77)58(79)6-2/h5-9,11-12,14-19,40-44,46,50H,1-2,10,13,20-38H2,3-4H3/t40?,41-,42?,43-,44-,46+,50?,65?/m0/s1. The average Bonchev–Trinajstić information content (AvgIpc) is 4.38. The number of benzene rings is 4. The van der Waals surface area contributed by atoms with E-state index < -0.39 is 5.41 Å². The number of anilines is 4. The second-order valence-corrected chi connectivity index (χ2v) is 25.5. The van der Waals surface area contributed by atoms with Gasteiger partial charge in [0.25, 0.3) is 0 Å². The zero-order chi connectivity index (χ0) is 55.3. The van der Waals surface area contributed by atoms with Crippen LogP contribution in [0.2, 0.25) is 10.0 Å². The molecule has 14 nitrogen and oxygen atoms in total. The molecule has 2 aliphatic carbocycles. The largest absolute Gasteiger partial charge is 0.462 e. The molecule has 2 saturated carbocycles. The van der Waals surface area contributed by atoms with Crippen LogP contribution in [0.3, 0.4) is 0 Å². The summed E-state index contributed by atoms with van der Waals surface area (Å²) in [6, 6.07) is 24.7. The summed E-state index contributed by atoms with van der Waals surface area (Å²) in [5.41, 5.74) is 7.37. The number of hydrogen-bond donors (Lipinski definition) is 0. The maximum absolute atomic E-state index is 13.4. The number of likely N-dealkylation sites (tertiary alicyclic amines) is 2. The average molecular weight is 1130 g/mol. The fourth-order valence-corrected chi connectivity index (χ4v) is 16.4. The zero-order valence-corrected chi connectivity index (χ0v) is 48.2. The van der Waals surface area contributed by atoms with Crippen LogP contribution < -0.4 is 29.1 Å². The first kappa shape index (κ1) is 52.7. The lowest BCUT2D eigenvalue weighted by molar-refractivity contribution is -0.130. The van der Waals surface area contributed by atoms with Gasteiger partial charge in [0.05, 0.1) is 39.9 Å². The lowest BCUT2D eigenvalue weighted by Gasteiger charge is -2.50. The smallest absolute Gasteiger partial charge is 0.318 e. The molecule has 14 rings (SSSR count). The molecule has 420 valence electrons. The van der Waals surface area contributed by atoms with Crippen LogP contribution in [0.1, 0.15) is 78.9 Å². The normalized spacial score (nSPS) is 27.1. The molecule has 4 unspecified atom stereocenters. The summed E-state index contributed by atoms with van der Waals surface area (Å²) < 4.78 is 13.3. The number of carbonyl (C=O) groups excluding carboxylic acids is 2. The van der Waals surface area contributed by atoms with E-state index in [4.69, 9.17) is 52.6 Å². The Labute approximate surface area is 485 Å². The number of aromatic nitrogens is 4. The Morgan fingerprint density at radius 1 is 0.679 bits per heavy atom. The van der Waals surface area contributed by atoms with Gasteiger partial charge in [-0.2, -0.15) is 19.9 Å². The van der Waals surface area contributed by atoms with Crippen molar-refractivity contribution >= 4 is 79.3 Å². The highest BCUT2D eigenvalue weighted by Crippen LogP contribution is 2.54. The topological polar surface area (TPSA) is 124 Å². The van der Waals surface area contributed by atoms with Crippen LogP contribution in [0, 0.1) is 29.1 Å². The molecule has 6 fully saturated rings. The Balaban J connectivity index is 0.717. The number of piperidine rings is 1. The minimum absolute atomic E-state index is 0.108. The van der Waals surface area contributed by atoms with Gasteiger partial charge in [-0.3, -0.25) is 14.5 Å². The molecule has 6 aromatic rings. The van der Waals surface area contributed by atoms with Gasteiger partial charge in [0.1, 0.15) is 24.8 Å². The van der Waals surface area contributed by atoms with E-state index in [0.717, 1.165) is 163 Å². The molecule has 8 atom stereocenters. The van der Waals surface area contributed by atoms with Crippen LogP contribution in [0.15, 0.2) is 92.0 Å². The van der Waals surface area contributed by atoms with Crippen LogP contribution in [0.5, 0.6) is 12.0 Å². The van der Waals surface area contributed by atoms with Crippen molar-refractivity contribution in [2.75, 3.05) is 99.3 Å². The van der Waals surface area contributed by atoms with Crippen LogP contribution in [0.4, 0.5) is 23.0 Å². The number of ether oxygens (including phenoxy) is 2. The van der Waals surface area contributed by atoms with Crippen molar-refractivity contribution in [1.29, 1.82) is 0 Å². The number of ketones is 2. The Kier molecular flexibility index (Phi) is 13.8. The van der Waals surface area contributed by atoms with Crippen molar-refractivity contribution < 1.29 is 19.1 Å². The van der Waals surface area contributed by atoms with E-state index in [-0.39, 0.29) is 35.4 Å². The fourth-order valence-electron chi connectivity index (χ4n) is 15.8. The number of halogens is 2. The van der Waals surface area contributed by atoms with Gasteiger partial charge < -0.3 is 34.0 Å². The predicted molar refractivity (Wildman–Crippen MR) is 322 cm³/mol. The highest BCUT2D eigenvalue weighted by Gasteiger charge is 2.57. The highest BCUT2D eigenvalue weighted by atomic mass is 35.5. The predicted octanol–water partition coefficient (Wildman–Crippen LogP) is 10.5. The summed E-state index contributed by atoms with van der Waals surface area (Å²) in [6.07, 6.45) is 11.6. The van der Waals surface area contributed by atoms with Gasteiger partial charge in [0.2, 0.25) is 0 Å². The molecule has 4 saturated heterocycles. The Bertz CT molecular complexity index is 3520. The van der Waals surface area contributed by atoms with Gasteiger partial charge in [-0.05, 0) is 155 Å². The monoisotopic (exact) mass is 1130 g/mol. The summed E-state index contributed by atoms with van der Waals surface area (Å²) in [6.45, 7) is 16.6. The summed E-state index contributed by atoms with van der Waals surface area (Å²) >= 11 is 14.2. The minimum Gasteiger partial charge on any atom is -0.462 e. The van der Waals surface area contributed by atoms with Crippen LogP contribution in [-0.4, -0.2) is 133 Å². The number of nitrogens with zero attached hydrogens (tertiary/aromatic N) is 10. The molecule has 6 aliphatic heterocycles. The van der Waals surface area contributed by atoms with E-state index in [9.17, 15) is 9.59 Å². The van der Waals surface area contributed by atoms with Crippen molar-refractivity contribution in [3.8, 4) is 12.0 Å². The summed E-state index contributed by atoms with van der Waals surface area (Å²) in [4.78, 5) is 61.3. The lowest BCUT2D eigenvalue weighted by atomic mass is 9.60. The molecule has 0 N–H and O–H groups in total. The highest BCUT2D eigenvalue weighted by molar-refractivity contribution is 6.37. The summed E-state index contributed by atoms with van der Waals surface area (Å²) in [5.74, 6) is 3.74. The molecule has 4 aromatic carbocycles. The molecular weight excluding hydrogens is 1060 g/mol. The molecule has 2 aromatic heterocycles. The molecule has 8 heterocycles. The van der Waals surface area contributed by atoms with Crippen molar-refractivity contribution in [1.82, 2.24) is 29.7 Å². The van der Waals surface area contributed by atoms with Gasteiger partial charge in [-0.25, -0.2) is 0 Å². The van der Waals surface area contributed by atoms with Crippen LogP contribution in [0.25, 0.3) is 21.5 Å². The third-order valence-corrected chi connectivity index (χ3v) is 21.1. The van der Waals surface area contributed by atoms with E-state index >= 15 is 0 Å². The third kappa shape index (κ3) is 9.22. The van der Waals surface area contributed by atoms with E-state index in [1.165, 1.54) is 35.1 Å². The maximum Gasteiger partial charge on any atom is 0.318 e. The number of hydrogen-bond acceptors (Lipinski definition) is 14.